The molecule has 0 fully saturated rings. The molecule has 0 saturated heterocycles. The van der Waals surface area contributed by atoms with Crippen LogP contribution in [0.5, 0.6) is 0 Å². The van der Waals surface area contributed by atoms with Gasteiger partial charge in [-0.3, -0.25) is 10.2 Å². The zero-order chi connectivity index (χ0) is 27.9. The number of hydrogen-bond acceptors (Lipinski definition) is 5. The number of nitrogens with zero attached hydrogens (tertiary/aromatic N) is 3. The molecule has 8 heteroatoms. The lowest BCUT2D eigenvalue weighted by molar-refractivity contribution is 0.0697. The summed E-state index contributed by atoms with van der Waals surface area (Å²) in [6, 6.07) is 30.7. The van der Waals surface area contributed by atoms with Crippen molar-refractivity contribution in [2.75, 3.05) is 0 Å². The minimum atomic E-state index is -0.916. The summed E-state index contributed by atoms with van der Waals surface area (Å²) in [4.78, 5) is 21.4. The molecular weight excluding hydrogens is 538 g/mol. The van der Waals surface area contributed by atoms with Gasteiger partial charge in [0.2, 0.25) is 0 Å². The molecule has 0 atom stereocenters. The lowest BCUT2D eigenvalue weighted by atomic mass is 10.0. The Hall–Kier alpha value is -5.63. The van der Waals surface area contributed by atoms with E-state index in [1.54, 1.807) is 24.3 Å². The van der Waals surface area contributed by atoms with Crippen molar-refractivity contribution in [3.05, 3.63) is 130 Å². The van der Waals surface area contributed by atoms with Gasteiger partial charge in [-0.2, -0.15) is 10.2 Å². The van der Waals surface area contributed by atoms with Crippen LogP contribution in [0.3, 0.4) is 0 Å². The van der Waals surface area contributed by atoms with Gasteiger partial charge in [-0.25, -0.2) is 4.79 Å². The molecule has 0 aliphatic heterocycles. The second kappa shape index (κ2) is 11.7. The highest BCUT2D eigenvalue weighted by Crippen LogP contribution is 2.41. The Morgan fingerprint density at radius 2 is 1.09 bits per heavy atom. The number of carboxylic acid groups (broad SMARTS) is 1. The van der Waals surface area contributed by atoms with E-state index in [4.69, 9.17) is 5.11 Å². The summed E-state index contributed by atoms with van der Waals surface area (Å²) >= 11 is 0. The van der Waals surface area contributed by atoms with E-state index >= 15 is 0 Å². The highest BCUT2D eigenvalue weighted by molar-refractivity contribution is 5.89. The molecule has 214 valence electrons. The Morgan fingerprint density at radius 1 is 0.651 bits per heavy atom. The average Bonchev–Trinajstić information content (AvgIpc) is 3.78. The fourth-order valence-corrected chi connectivity index (χ4v) is 5.67. The van der Waals surface area contributed by atoms with Crippen LogP contribution in [0.15, 0.2) is 102 Å². The number of aromatic carboxylic acids is 1. The normalized spacial score (nSPS) is 11.4. The molecule has 2 aliphatic rings. The van der Waals surface area contributed by atoms with E-state index < -0.39 is 5.97 Å². The number of fused-ring (bicyclic) bond motifs is 6. The second-order valence-electron chi connectivity index (χ2n) is 10.0. The van der Waals surface area contributed by atoms with Crippen LogP contribution in [-0.2, 0) is 12.8 Å². The van der Waals surface area contributed by atoms with E-state index in [0.717, 1.165) is 46.7 Å². The first-order valence-electron chi connectivity index (χ1n) is 13.2. The maximum absolute atomic E-state index is 10.9. The maximum atomic E-state index is 10.9. The molecule has 0 saturated carbocycles. The average molecular weight is 570 g/mol. The first-order valence-corrected chi connectivity index (χ1v) is 13.2. The number of nitroso groups, excluding NO2 is 1. The van der Waals surface area contributed by atoms with Gasteiger partial charge in [0.15, 0.2) is 0 Å². The molecule has 0 amide bonds. The molecule has 2 heterocycles. The minimum absolute atomic E-state index is 0. The van der Waals surface area contributed by atoms with E-state index in [0.29, 0.717) is 5.69 Å². The number of carbonyl (C=O) groups is 1. The molecule has 2 aromatic heterocycles. The van der Waals surface area contributed by atoms with Gasteiger partial charge in [-0.1, -0.05) is 87.6 Å². The van der Waals surface area contributed by atoms with E-state index in [1.807, 2.05) is 42.5 Å². The van der Waals surface area contributed by atoms with Gasteiger partial charge in [0, 0.05) is 46.2 Å². The summed E-state index contributed by atoms with van der Waals surface area (Å²) in [5.74, 6) is -0.916. The van der Waals surface area contributed by atoms with E-state index in [9.17, 15) is 9.70 Å². The monoisotopic (exact) mass is 569 g/mol. The number of aromatic amines is 2. The van der Waals surface area contributed by atoms with Crippen molar-refractivity contribution in [2.24, 2.45) is 5.18 Å². The lowest BCUT2D eigenvalue weighted by Crippen LogP contribution is -1.95. The zero-order valence-electron chi connectivity index (χ0n) is 21.8. The number of carboxylic acids is 1. The van der Waals surface area contributed by atoms with Crippen LogP contribution in [0, 0.1) is 4.91 Å². The first kappa shape index (κ1) is 28.9. The van der Waals surface area contributed by atoms with E-state index in [1.165, 1.54) is 33.4 Å². The van der Waals surface area contributed by atoms with Crippen LogP contribution in [0.4, 0.5) is 5.69 Å². The fourth-order valence-electron chi connectivity index (χ4n) is 5.67. The smallest absolute Gasteiger partial charge is 0.335 e. The van der Waals surface area contributed by atoms with Gasteiger partial charge in [0.25, 0.3) is 0 Å². The number of rotatable bonds is 4. The summed E-state index contributed by atoms with van der Waals surface area (Å²) in [6.07, 6.45) is 1.75. The molecule has 4 aromatic carbocycles. The molecule has 6 aromatic rings. The highest BCUT2D eigenvalue weighted by atomic mass is 16.4. The molecule has 8 rings (SSSR count). The SMILES string of the molecule is C.C.O=C(O)c1ccc(-c2n[nH]c3c2Cc2ccccc2-3)cc1.O=Nc1ccc(-c2n[nH]c3c2Cc2ccccc2-3)cc1. The first-order chi connectivity index (χ1) is 20.1. The third-order valence-corrected chi connectivity index (χ3v) is 7.69. The molecule has 3 N–H and O–H groups in total. The molecule has 43 heavy (non-hydrogen) atoms. The minimum Gasteiger partial charge on any atom is -0.478 e. The van der Waals surface area contributed by atoms with E-state index in [2.05, 4.69) is 55.9 Å². The van der Waals surface area contributed by atoms with Crippen molar-refractivity contribution in [3.8, 4) is 45.0 Å². The quantitative estimate of drug-likeness (QED) is 0.183. The number of H-pyrrole nitrogens is 2. The van der Waals surface area contributed by atoms with Crippen molar-refractivity contribution < 1.29 is 9.90 Å². The van der Waals surface area contributed by atoms with Gasteiger partial charge >= 0.3 is 5.97 Å². The van der Waals surface area contributed by atoms with Crippen LogP contribution in [0.25, 0.3) is 45.0 Å². The van der Waals surface area contributed by atoms with Crippen molar-refractivity contribution in [2.45, 2.75) is 27.7 Å². The Balaban J connectivity index is 0.000000164. The number of hydrogen-bond donors (Lipinski definition) is 3. The topological polar surface area (TPSA) is 124 Å². The molecule has 8 nitrogen and oxygen atoms in total. The van der Waals surface area contributed by atoms with Crippen LogP contribution in [0.2, 0.25) is 0 Å². The number of aromatic nitrogens is 4. The Kier molecular flexibility index (Phi) is 7.86. The summed E-state index contributed by atoms with van der Waals surface area (Å²) in [6.45, 7) is 0. The summed E-state index contributed by atoms with van der Waals surface area (Å²) in [5, 5.41) is 27.0. The van der Waals surface area contributed by atoms with Crippen LogP contribution in [-0.4, -0.2) is 31.5 Å². The summed E-state index contributed by atoms with van der Waals surface area (Å²) in [7, 11) is 0. The van der Waals surface area contributed by atoms with Crippen molar-refractivity contribution in [3.63, 3.8) is 0 Å². The molecule has 0 radical (unpaired) electrons. The molecule has 0 bridgehead atoms. The highest BCUT2D eigenvalue weighted by Gasteiger charge is 2.25. The third kappa shape index (κ3) is 5.04. The molecule has 0 unspecified atom stereocenters. The number of nitrogens with one attached hydrogen (secondary N) is 2. The third-order valence-electron chi connectivity index (χ3n) is 7.69. The molecular formula is C35H31N5O3. The second-order valence-corrected chi connectivity index (χ2v) is 10.0. The van der Waals surface area contributed by atoms with Gasteiger partial charge in [0.05, 0.1) is 28.3 Å². The zero-order valence-corrected chi connectivity index (χ0v) is 21.8. The lowest BCUT2D eigenvalue weighted by Gasteiger charge is -2.01. The molecule has 0 spiro atoms. The summed E-state index contributed by atoms with van der Waals surface area (Å²) in [5.41, 5.74) is 14.1. The number of benzene rings is 4. The van der Waals surface area contributed by atoms with Gasteiger partial charge in [-0.15, -0.1) is 4.91 Å². The van der Waals surface area contributed by atoms with Crippen molar-refractivity contribution in [1.29, 1.82) is 0 Å². The van der Waals surface area contributed by atoms with Gasteiger partial charge in [0.1, 0.15) is 5.69 Å². The van der Waals surface area contributed by atoms with Crippen molar-refractivity contribution in [1.82, 2.24) is 20.4 Å². The van der Waals surface area contributed by atoms with Crippen LogP contribution in [0.1, 0.15) is 47.5 Å². The predicted octanol–water partition coefficient (Wildman–Crippen LogP) is 8.66. The summed E-state index contributed by atoms with van der Waals surface area (Å²) < 4.78 is 0. The standard InChI is InChI=1S/C17H12N2O2.C16H11N3O.2CH4/c20-17(21)11-7-5-10(6-8-11)15-14-9-12-3-1-2-4-13(12)16(14)19-18-15;20-19-12-7-5-10(6-8-12)15-14-9-11-3-1-2-4-13(11)16(14)18-17-15;;/h1-8H,9H2,(H,18,19)(H,20,21);1-8H,9H2,(H,17,18);2*1H4. The fraction of sp³-hybridized carbons (Fsp3) is 0.114. The van der Waals surface area contributed by atoms with Crippen LogP contribution >= 0.6 is 0 Å². The van der Waals surface area contributed by atoms with E-state index in [-0.39, 0.29) is 20.4 Å². The van der Waals surface area contributed by atoms with Crippen molar-refractivity contribution >= 4 is 11.7 Å². The van der Waals surface area contributed by atoms with Gasteiger partial charge in [-0.05, 0) is 40.6 Å². The van der Waals surface area contributed by atoms with Crippen LogP contribution < -0.4 is 0 Å². The largest absolute Gasteiger partial charge is 0.478 e. The Morgan fingerprint density at radius 3 is 1.53 bits per heavy atom. The van der Waals surface area contributed by atoms with Gasteiger partial charge < -0.3 is 5.11 Å². The maximum Gasteiger partial charge on any atom is 0.335 e. The predicted molar refractivity (Wildman–Crippen MR) is 170 cm³/mol. The Bertz CT molecular complexity index is 1940. The Labute approximate surface area is 249 Å². The molecule has 2 aliphatic carbocycles.